The molecule has 0 aliphatic rings. The van der Waals surface area contributed by atoms with Crippen molar-refractivity contribution in [2.24, 2.45) is 0 Å². The van der Waals surface area contributed by atoms with Crippen LogP contribution in [0.25, 0.3) is 0 Å². The molecular weight excluding hydrogens is 219 g/mol. The Balaban J connectivity index is 1.90. The monoisotopic (exact) mass is 234 g/mol. The first-order chi connectivity index (χ1) is 8.31. The van der Waals surface area contributed by atoms with Gasteiger partial charge >= 0.3 is 0 Å². The van der Waals surface area contributed by atoms with Crippen molar-refractivity contribution in [2.45, 2.75) is 26.6 Å². The van der Waals surface area contributed by atoms with Crippen molar-refractivity contribution in [2.75, 3.05) is 0 Å². The largest absolute Gasteiger partial charge is 0.317 e. The molecule has 1 aromatic heterocycles. The molecule has 0 saturated heterocycles. The number of nitrogens with zero attached hydrogens (tertiary/aromatic N) is 3. The van der Waals surface area contributed by atoms with Crippen LogP contribution in [0.15, 0.2) is 30.6 Å². The number of aryl methyl sites for hydroxylation is 1. The van der Waals surface area contributed by atoms with Gasteiger partial charge in [0.1, 0.15) is 18.0 Å². The number of rotatable bonds is 5. The molecule has 0 spiro atoms. The summed E-state index contributed by atoms with van der Waals surface area (Å²) in [5.74, 6) is 0.681. The van der Waals surface area contributed by atoms with E-state index in [0.717, 1.165) is 12.4 Å². The zero-order valence-corrected chi connectivity index (χ0v) is 9.73. The molecule has 0 amide bonds. The molecule has 0 saturated carbocycles. The summed E-state index contributed by atoms with van der Waals surface area (Å²) in [6, 6.07) is 6.75. The molecule has 90 valence electrons. The molecule has 0 unspecified atom stereocenters. The number of benzene rings is 1. The van der Waals surface area contributed by atoms with E-state index in [1.807, 2.05) is 17.6 Å². The minimum atomic E-state index is -0.183. The van der Waals surface area contributed by atoms with Crippen LogP contribution in [-0.4, -0.2) is 14.8 Å². The maximum Gasteiger partial charge on any atom is 0.146 e. The summed E-state index contributed by atoms with van der Waals surface area (Å²) >= 11 is 0. The molecule has 2 rings (SSSR count). The van der Waals surface area contributed by atoms with Gasteiger partial charge in [-0.3, -0.25) is 0 Å². The van der Waals surface area contributed by atoms with Gasteiger partial charge in [0.25, 0.3) is 0 Å². The fraction of sp³-hybridized carbons (Fsp3) is 0.333. The van der Waals surface area contributed by atoms with Crippen LogP contribution in [0.5, 0.6) is 0 Å². The van der Waals surface area contributed by atoms with Crippen LogP contribution in [0.4, 0.5) is 4.39 Å². The van der Waals surface area contributed by atoms with E-state index in [4.69, 9.17) is 0 Å². The summed E-state index contributed by atoms with van der Waals surface area (Å²) in [4.78, 5) is 0. The summed E-state index contributed by atoms with van der Waals surface area (Å²) in [6.45, 7) is 3.94. The molecule has 0 atom stereocenters. The van der Waals surface area contributed by atoms with Crippen molar-refractivity contribution in [1.29, 1.82) is 0 Å². The smallest absolute Gasteiger partial charge is 0.146 e. The zero-order chi connectivity index (χ0) is 12.1. The Morgan fingerprint density at radius 1 is 1.29 bits per heavy atom. The van der Waals surface area contributed by atoms with Gasteiger partial charge in [-0.05, 0) is 13.0 Å². The molecule has 1 N–H and O–H groups in total. The predicted molar refractivity (Wildman–Crippen MR) is 62.6 cm³/mol. The Bertz CT molecular complexity index is 481. The third-order valence-corrected chi connectivity index (χ3v) is 2.59. The highest BCUT2D eigenvalue weighted by molar-refractivity contribution is 5.16. The van der Waals surface area contributed by atoms with E-state index in [0.29, 0.717) is 18.7 Å². The Labute approximate surface area is 99.5 Å². The highest BCUT2D eigenvalue weighted by Crippen LogP contribution is 2.05. The van der Waals surface area contributed by atoms with Gasteiger partial charge in [-0.2, -0.15) is 0 Å². The normalized spacial score (nSPS) is 10.7. The number of nitrogens with one attached hydrogen (secondary N) is 1. The van der Waals surface area contributed by atoms with Crippen molar-refractivity contribution in [1.82, 2.24) is 20.1 Å². The van der Waals surface area contributed by atoms with Crippen LogP contribution in [0.2, 0.25) is 0 Å². The van der Waals surface area contributed by atoms with Gasteiger partial charge in [-0.1, -0.05) is 18.2 Å². The lowest BCUT2D eigenvalue weighted by molar-refractivity contribution is 0.571. The van der Waals surface area contributed by atoms with Crippen molar-refractivity contribution >= 4 is 0 Å². The standard InChI is InChI=1S/C12H15FN4/c1-2-17-9-15-16-12(17)8-14-7-10-5-3-4-6-11(10)13/h3-6,9,14H,2,7-8H2,1H3. The maximum absolute atomic E-state index is 13.3. The maximum atomic E-state index is 13.3. The summed E-state index contributed by atoms with van der Waals surface area (Å²) in [7, 11) is 0. The van der Waals surface area contributed by atoms with E-state index in [1.165, 1.54) is 6.07 Å². The minimum Gasteiger partial charge on any atom is -0.317 e. The van der Waals surface area contributed by atoms with Crippen molar-refractivity contribution < 1.29 is 4.39 Å². The molecule has 0 aliphatic carbocycles. The van der Waals surface area contributed by atoms with Crippen LogP contribution in [0.3, 0.4) is 0 Å². The number of hydrogen-bond donors (Lipinski definition) is 1. The average Bonchev–Trinajstić information content (AvgIpc) is 2.79. The second-order valence-electron chi connectivity index (χ2n) is 3.73. The van der Waals surface area contributed by atoms with E-state index < -0.39 is 0 Å². The van der Waals surface area contributed by atoms with Crippen LogP contribution in [-0.2, 0) is 19.6 Å². The molecule has 0 bridgehead atoms. The predicted octanol–water partition coefficient (Wildman–Crippen LogP) is 1.73. The zero-order valence-electron chi connectivity index (χ0n) is 9.73. The third kappa shape index (κ3) is 2.88. The summed E-state index contributed by atoms with van der Waals surface area (Å²) in [6.07, 6.45) is 1.69. The Morgan fingerprint density at radius 2 is 2.12 bits per heavy atom. The lowest BCUT2D eigenvalue weighted by Crippen LogP contribution is -2.17. The first-order valence-corrected chi connectivity index (χ1v) is 5.62. The lowest BCUT2D eigenvalue weighted by Gasteiger charge is -2.06. The molecule has 0 fully saturated rings. The van der Waals surface area contributed by atoms with Crippen molar-refractivity contribution in [3.05, 3.63) is 47.8 Å². The third-order valence-electron chi connectivity index (χ3n) is 2.59. The molecular formula is C12H15FN4. The van der Waals surface area contributed by atoms with Gasteiger partial charge in [0.05, 0.1) is 6.54 Å². The lowest BCUT2D eigenvalue weighted by atomic mass is 10.2. The Hall–Kier alpha value is -1.75. The van der Waals surface area contributed by atoms with Crippen LogP contribution in [0, 0.1) is 5.82 Å². The van der Waals surface area contributed by atoms with Crippen LogP contribution in [0.1, 0.15) is 18.3 Å². The molecule has 1 aromatic carbocycles. The molecule has 1 heterocycles. The van der Waals surface area contributed by atoms with Gasteiger partial charge in [0.2, 0.25) is 0 Å². The van der Waals surface area contributed by atoms with Crippen molar-refractivity contribution in [3.63, 3.8) is 0 Å². The quantitative estimate of drug-likeness (QED) is 0.856. The van der Waals surface area contributed by atoms with Gasteiger partial charge in [0, 0.05) is 18.7 Å². The number of aromatic nitrogens is 3. The molecule has 2 aromatic rings. The highest BCUT2D eigenvalue weighted by atomic mass is 19.1. The van der Waals surface area contributed by atoms with Crippen LogP contribution >= 0.6 is 0 Å². The fourth-order valence-corrected chi connectivity index (χ4v) is 1.63. The number of hydrogen-bond acceptors (Lipinski definition) is 3. The number of halogens is 1. The highest BCUT2D eigenvalue weighted by Gasteiger charge is 2.03. The van der Waals surface area contributed by atoms with Crippen LogP contribution < -0.4 is 5.32 Å². The summed E-state index contributed by atoms with van der Waals surface area (Å²) in [5, 5.41) is 11.0. The van der Waals surface area contributed by atoms with E-state index in [-0.39, 0.29) is 5.82 Å². The van der Waals surface area contributed by atoms with E-state index in [9.17, 15) is 4.39 Å². The average molecular weight is 234 g/mol. The summed E-state index contributed by atoms with van der Waals surface area (Å²) < 4.78 is 15.3. The van der Waals surface area contributed by atoms with Crippen molar-refractivity contribution in [3.8, 4) is 0 Å². The first-order valence-electron chi connectivity index (χ1n) is 5.62. The molecule has 4 nitrogen and oxygen atoms in total. The topological polar surface area (TPSA) is 42.7 Å². The first kappa shape index (κ1) is 11.7. The molecule has 0 radical (unpaired) electrons. The molecule has 0 aliphatic heterocycles. The van der Waals surface area contributed by atoms with Gasteiger partial charge < -0.3 is 9.88 Å². The molecule has 5 heteroatoms. The SMILES string of the molecule is CCn1cnnc1CNCc1ccccc1F. The second kappa shape index (κ2) is 5.54. The summed E-state index contributed by atoms with van der Waals surface area (Å²) in [5.41, 5.74) is 0.662. The Morgan fingerprint density at radius 3 is 2.88 bits per heavy atom. The second-order valence-corrected chi connectivity index (χ2v) is 3.73. The van der Waals surface area contributed by atoms with E-state index >= 15 is 0 Å². The van der Waals surface area contributed by atoms with E-state index in [1.54, 1.807) is 18.5 Å². The molecule has 17 heavy (non-hydrogen) atoms. The van der Waals surface area contributed by atoms with Gasteiger partial charge in [0.15, 0.2) is 0 Å². The fourth-order valence-electron chi connectivity index (χ4n) is 1.63. The van der Waals surface area contributed by atoms with Gasteiger partial charge in [-0.15, -0.1) is 10.2 Å². The Kier molecular flexibility index (Phi) is 3.82. The van der Waals surface area contributed by atoms with E-state index in [2.05, 4.69) is 15.5 Å². The van der Waals surface area contributed by atoms with Gasteiger partial charge in [-0.25, -0.2) is 4.39 Å². The minimum absolute atomic E-state index is 0.183.